The van der Waals surface area contributed by atoms with Crippen molar-refractivity contribution in [3.05, 3.63) is 30.0 Å². The van der Waals surface area contributed by atoms with Crippen molar-refractivity contribution in [3.8, 4) is 0 Å². The molecule has 0 aliphatic carbocycles. The van der Waals surface area contributed by atoms with Crippen LogP contribution < -0.4 is 4.90 Å². The van der Waals surface area contributed by atoms with Crippen LogP contribution in [-0.2, 0) is 14.3 Å². The lowest BCUT2D eigenvalue weighted by molar-refractivity contribution is -0.151. The van der Waals surface area contributed by atoms with E-state index in [1.54, 1.807) is 13.1 Å². The quantitative estimate of drug-likeness (QED) is 0.446. The molecule has 0 aliphatic heterocycles. The number of hydrogen-bond acceptors (Lipinski definition) is 5. The molecular formula is C13H16N2O3. The van der Waals surface area contributed by atoms with Crippen LogP contribution in [0.2, 0.25) is 0 Å². The SMILES string of the molecule is CCOC(=O)C(=O)C=Cc1ccc(N(C)C)nc1. The van der Waals surface area contributed by atoms with Crippen molar-refractivity contribution < 1.29 is 14.3 Å². The molecule has 0 aromatic carbocycles. The Hall–Kier alpha value is -2.17. The van der Waals surface area contributed by atoms with Gasteiger partial charge in [0.1, 0.15) is 5.82 Å². The second kappa shape index (κ2) is 6.54. The molecule has 5 nitrogen and oxygen atoms in total. The maximum Gasteiger partial charge on any atom is 0.379 e. The van der Waals surface area contributed by atoms with Crippen LogP contribution in [-0.4, -0.2) is 37.4 Å². The van der Waals surface area contributed by atoms with Crippen molar-refractivity contribution in [1.82, 2.24) is 4.98 Å². The fourth-order valence-electron chi connectivity index (χ4n) is 1.20. The van der Waals surface area contributed by atoms with E-state index < -0.39 is 11.8 Å². The molecule has 0 amide bonds. The van der Waals surface area contributed by atoms with Gasteiger partial charge in [-0.3, -0.25) is 4.79 Å². The van der Waals surface area contributed by atoms with Gasteiger partial charge in [-0.1, -0.05) is 0 Å². The number of pyridine rings is 1. The van der Waals surface area contributed by atoms with Gasteiger partial charge in [-0.2, -0.15) is 0 Å². The van der Waals surface area contributed by atoms with Crippen LogP contribution in [0.15, 0.2) is 24.4 Å². The average Bonchev–Trinajstić information content (AvgIpc) is 2.36. The Bertz CT molecular complexity index is 450. The Morgan fingerprint density at radius 2 is 2.11 bits per heavy atom. The summed E-state index contributed by atoms with van der Waals surface area (Å²) in [5, 5.41) is 0. The molecule has 0 spiro atoms. The normalized spacial score (nSPS) is 10.4. The zero-order valence-electron chi connectivity index (χ0n) is 10.7. The second-order valence-electron chi connectivity index (χ2n) is 3.76. The third-order valence-electron chi connectivity index (χ3n) is 2.13. The second-order valence-corrected chi connectivity index (χ2v) is 3.76. The van der Waals surface area contributed by atoms with Crippen LogP contribution in [0.1, 0.15) is 12.5 Å². The van der Waals surface area contributed by atoms with Gasteiger partial charge >= 0.3 is 5.97 Å². The maximum absolute atomic E-state index is 11.3. The third-order valence-corrected chi connectivity index (χ3v) is 2.13. The molecule has 0 radical (unpaired) electrons. The first-order valence-corrected chi connectivity index (χ1v) is 5.57. The van der Waals surface area contributed by atoms with E-state index in [1.165, 1.54) is 12.2 Å². The zero-order chi connectivity index (χ0) is 13.5. The Kier molecular flexibility index (Phi) is 5.05. The average molecular weight is 248 g/mol. The van der Waals surface area contributed by atoms with Gasteiger partial charge < -0.3 is 9.64 Å². The number of carbonyl (C=O) groups excluding carboxylic acids is 2. The fourth-order valence-corrected chi connectivity index (χ4v) is 1.20. The summed E-state index contributed by atoms with van der Waals surface area (Å²) < 4.78 is 4.58. The molecule has 1 aromatic heterocycles. The van der Waals surface area contributed by atoms with Gasteiger partial charge in [0, 0.05) is 20.3 Å². The molecule has 0 saturated carbocycles. The number of carbonyl (C=O) groups is 2. The van der Waals surface area contributed by atoms with E-state index in [4.69, 9.17) is 0 Å². The number of rotatable bonds is 5. The lowest BCUT2D eigenvalue weighted by Gasteiger charge is -2.10. The number of ketones is 1. The van der Waals surface area contributed by atoms with E-state index in [1.807, 2.05) is 31.1 Å². The highest BCUT2D eigenvalue weighted by molar-refractivity contribution is 6.39. The maximum atomic E-state index is 11.3. The summed E-state index contributed by atoms with van der Waals surface area (Å²) in [4.78, 5) is 28.4. The minimum atomic E-state index is -0.841. The number of hydrogen-bond donors (Lipinski definition) is 0. The molecule has 1 heterocycles. The lowest BCUT2D eigenvalue weighted by atomic mass is 10.2. The molecule has 0 bridgehead atoms. The molecule has 1 rings (SSSR count). The smallest absolute Gasteiger partial charge is 0.379 e. The van der Waals surface area contributed by atoms with Crippen LogP contribution >= 0.6 is 0 Å². The number of nitrogens with zero attached hydrogens (tertiary/aromatic N) is 2. The Balaban J connectivity index is 2.67. The summed E-state index contributed by atoms with van der Waals surface area (Å²) in [7, 11) is 3.78. The molecular weight excluding hydrogens is 232 g/mol. The van der Waals surface area contributed by atoms with Gasteiger partial charge in [-0.05, 0) is 36.8 Å². The van der Waals surface area contributed by atoms with Gasteiger partial charge in [0.15, 0.2) is 0 Å². The van der Waals surface area contributed by atoms with Gasteiger partial charge in [-0.25, -0.2) is 9.78 Å². The molecule has 0 fully saturated rings. The fraction of sp³-hybridized carbons (Fsp3) is 0.308. The first kappa shape index (κ1) is 13.9. The molecule has 0 atom stereocenters. The van der Waals surface area contributed by atoms with Crippen LogP contribution in [0.3, 0.4) is 0 Å². The molecule has 0 aliphatic rings. The largest absolute Gasteiger partial charge is 0.460 e. The van der Waals surface area contributed by atoms with E-state index in [2.05, 4.69) is 9.72 Å². The van der Waals surface area contributed by atoms with E-state index in [-0.39, 0.29) is 6.61 Å². The molecule has 0 saturated heterocycles. The van der Waals surface area contributed by atoms with Crippen LogP contribution in [0.25, 0.3) is 6.08 Å². The number of aromatic nitrogens is 1. The molecule has 5 heteroatoms. The monoisotopic (exact) mass is 248 g/mol. The van der Waals surface area contributed by atoms with Crippen molar-refractivity contribution in [2.24, 2.45) is 0 Å². The highest BCUT2D eigenvalue weighted by Crippen LogP contribution is 2.08. The summed E-state index contributed by atoms with van der Waals surface area (Å²) in [6, 6.07) is 3.64. The number of esters is 1. The predicted molar refractivity (Wildman–Crippen MR) is 69.2 cm³/mol. The van der Waals surface area contributed by atoms with Crippen LogP contribution in [0, 0.1) is 0 Å². The van der Waals surface area contributed by atoms with Crippen molar-refractivity contribution in [2.75, 3.05) is 25.6 Å². The Labute approximate surface area is 106 Å². The first-order valence-electron chi connectivity index (χ1n) is 5.57. The topological polar surface area (TPSA) is 59.5 Å². The van der Waals surface area contributed by atoms with Crippen molar-refractivity contribution >= 4 is 23.6 Å². The Morgan fingerprint density at radius 3 is 2.61 bits per heavy atom. The van der Waals surface area contributed by atoms with Gasteiger partial charge in [0.25, 0.3) is 5.78 Å². The van der Waals surface area contributed by atoms with Crippen molar-refractivity contribution in [3.63, 3.8) is 0 Å². The van der Waals surface area contributed by atoms with Gasteiger partial charge in [-0.15, -0.1) is 0 Å². The van der Waals surface area contributed by atoms with Gasteiger partial charge in [0.05, 0.1) is 6.61 Å². The van der Waals surface area contributed by atoms with Crippen LogP contribution in [0.4, 0.5) is 5.82 Å². The van der Waals surface area contributed by atoms with E-state index >= 15 is 0 Å². The van der Waals surface area contributed by atoms with Crippen molar-refractivity contribution in [2.45, 2.75) is 6.92 Å². The highest BCUT2D eigenvalue weighted by Gasteiger charge is 2.10. The first-order chi connectivity index (χ1) is 8.54. The standard InChI is InChI=1S/C13H16N2O3/c1-4-18-13(17)11(16)7-5-10-6-8-12(14-9-10)15(2)3/h5-9H,4H2,1-3H3. The molecule has 0 N–H and O–H groups in total. The minimum absolute atomic E-state index is 0.192. The number of anilines is 1. The molecule has 0 unspecified atom stereocenters. The lowest BCUT2D eigenvalue weighted by Crippen LogP contribution is -2.14. The van der Waals surface area contributed by atoms with E-state index in [0.29, 0.717) is 0 Å². The third kappa shape index (κ3) is 4.01. The molecule has 1 aromatic rings. The summed E-state index contributed by atoms with van der Waals surface area (Å²) in [6.45, 7) is 1.84. The van der Waals surface area contributed by atoms with Crippen molar-refractivity contribution in [1.29, 1.82) is 0 Å². The Morgan fingerprint density at radius 1 is 1.39 bits per heavy atom. The minimum Gasteiger partial charge on any atom is -0.460 e. The summed E-state index contributed by atoms with van der Waals surface area (Å²) in [5.74, 6) is -0.691. The van der Waals surface area contributed by atoms with Gasteiger partial charge in [0.2, 0.25) is 0 Å². The zero-order valence-corrected chi connectivity index (χ0v) is 10.7. The summed E-state index contributed by atoms with van der Waals surface area (Å²) >= 11 is 0. The number of ether oxygens (including phenoxy) is 1. The predicted octanol–water partition coefficient (Wildman–Crippen LogP) is 1.29. The molecule has 18 heavy (non-hydrogen) atoms. The van der Waals surface area contributed by atoms with Crippen LogP contribution in [0.5, 0.6) is 0 Å². The van der Waals surface area contributed by atoms with E-state index in [9.17, 15) is 9.59 Å². The van der Waals surface area contributed by atoms with E-state index in [0.717, 1.165) is 11.4 Å². The summed E-state index contributed by atoms with van der Waals surface area (Å²) in [5.41, 5.74) is 0.748. The highest BCUT2D eigenvalue weighted by atomic mass is 16.5. The summed E-state index contributed by atoms with van der Waals surface area (Å²) in [6.07, 6.45) is 4.35. The molecule has 96 valence electrons.